The van der Waals surface area contributed by atoms with Crippen molar-refractivity contribution in [2.45, 2.75) is 50.9 Å². The highest BCUT2D eigenvalue weighted by Gasteiger charge is 2.23. The lowest BCUT2D eigenvalue weighted by molar-refractivity contribution is 0.555. The third-order valence-corrected chi connectivity index (χ3v) is 5.30. The molecule has 17 heavy (non-hydrogen) atoms. The van der Waals surface area contributed by atoms with Gasteiger partial charge in [0.2, 0.25) is 0 Å². The van der Waals surface area contributed by atoms with Crippen molar-refractivity contribution in [1.29, 1.82) is 0 Å². The summed E-state index contributed by atoms with van der Waals surface area (Å²) < 4.78 is 0. The first-order valence-corrected chi connectivity index (χ1v) is 7.97. The van der Waals surface area contributed by atoms with Gasteiger partial charge in [0.05, 0.1) is 10.8 Å². The molecule has 2 nitrogen and oxygen atoms in total. The molecule has 1 aromatic rings. The number of alkyl halides is 1. The van der Waals surface area contributed by atoms with Crippen molar-refractivity contribution < 1.29 is 0 Å². The van der Waals surface area contributed by atoms with Crippen LogP contribution in [0.25, 0.3) is 0 Å². The largest absolute Gasteiger partial charge is 0.345 e. The highest BCUT2D eigenvalue weighted by Crippen LogP contribution is 2.34. The van der Waals surface area contributed by atoms with Crippen molar-refractivity contribution in [2.24, 2.45) is 0 Å². The third-order valence-electron chi connectivity index (χ3n) is 3.35. The molecule has 1 aliphatic rings. The molecule has 0 aliphatic carbocycles. The van der Waals surface area contributed by atoms with E-state index in [4.69, 9.17) is 23.2 Å². The second kappa shape index (κ2) is 6.26. The Labute approximate surface area is 117 Å². The summed E-state index contributed by atoms with van der Waals surface area (Å²) in [7, 11) is 0. The van der Waals surface area contributed by atoms with Crippen LogP contribution in [0, 0.1) is 0 Å². The molecule has 0 bridgehead atoms. The van der Waals surface area contributed by atoms with Crippen molar-refractivity contribution >= 4 is 39.7 Å². The van der Waals surface area contributed by atoms with Gasteiger partial charge in [-0.25, -0.2) is 4.98 Å². The zero-order valence-corrected chi connectivity index (χ0v) is 12.4. The van der Waals surface area contributed by atoms with Gasteiger partial charge in [0, 0.05) is 12.6 Å². The number of hydrogen-bond donors (Lipinski definition) is 0. The number of anilines is 1. The highest BCUT2D eigenvalue weighted by molar-refractivity contribution is 7.16. The fourth-order valence-electron chi connectivity index (χ4n) is 2.38. The van der Waals surface area contributed by atoms with Crippen LogP contribution in [-0.4, -0.2) is 17.6 Å². The maximum atomic E-state index is 6.08. The van der Waals surface area contributed by atoms with Crippen LogP contribution in [0.3, 0.4) is 0 Å². The summed E-state index contributed by atoms with van der Waals surface area (Å²) in [4.78, 5) is 7.89. The Hall–Kier alpha value is 0.01000. The van der Waals surface area contributed by atoms with Crippen molar-refractivity contribution in [3.05, 3.63) is 10.0 Å². The van der Waals surface area contributed by atoms with Crippen molar-refractivity contribution in [3.63, 3.8) is 0 Å². The maximum Gasteiger partial charge on any atom is 0.187 e. The van der Waals surface area contributed by atoms with E-state index in [1.807, 2.05) is 0 Å². The Balaban J connectivity index is 2.22. The molecule has 1 aromatic heterocycles. The van der Waals surface area contributed by atoms with Crippen LogP contribution in [0.4, 0.5) is 5.13 Å². The van der Waals surface area contributed by atoms with E-state index in [-0.39, 0.29) is 0 Å². The molecule has 2 heterocycles. The number of thiazole rings is 1. The Morgan fingerprint density at radius 3 is 2.88 bits per heavy atom. The molecule has 1 saturated heterocycles. The lowest BCUT2D eigenvalue weighted by Gasteiger charge is -2.28. The van der Waals surface area contributed by atoms with Crippen LogP contribution in [0.2, 0.25) is 5.15 Å². The normalized spacial score (nSPS) is 21.6. The monoisotopic (exact) mass is 292 g/mol. The molecular formula is C12H18Cl2N2S. The van der Waals surface area contributed by atoms with E-state index in [2.05, 4.69) is 16.8 Å². The molecule has 1 aliphatic heterocycles. The molecule has 96 valence electrons. The smallest absolute Gasteiger partial charge is 0.187 e. The molecule has 0 N–H and O–H groups in total. The first kappa shape index (κ1) is 13.4. The Kier molecular flexibility index (Phi) is 4.95. The summed E-state index contributed by atoms with van der Waals surface area (Å²) in [5, 5.41) is 1.64. The predicted molar refractivity (Wildman–Crippen MR) is 76.6 cm³/mol. The summed E-state index contributed by atoms with van der Waals surface area (Å²) in [5.74, 6) is 0.459. The highest BCUT2D eigenvalue weighted by atomic mass is 35.5. The van der Waals surface area contributed by atoms with Gasteiger partial charge in [0.1, 0.15) is 5.15 Å². The molecule has 1 fully saturated rings. The van der Waals surface area contributed by atoms with Crippen molar-refractivity contribution in [1.82, 2.24) is 4.98 Å². The van der Waals surface area contributed by atoms with Gasteiger partial charge in [-0.15, -0.1) is 11.6 Å². The van der Waals surface area contributed by atoms with Crippen LogP contribution in [0.1, 0.15) is 43.9 Å². The number of halogens is 2. The summed E-state index contributed by atoms with van der Waals surface area (Å²) >= 11 is 13.6. The molecule has 5 heteroatoms. The van der Waals surface area contributed by atoms with E-state index >= 15 is 0 Å². The minimum atomic E-state index is 0.459. The van der Waals surface area contributed by atoms with Crippen LogP contribution >= 0.6 is 34.5 Å². The zero-order chi connectivity index (χ0) is 12.3. The number of aromatic nitrogens is 1. The second-order valence-electron chi connectivity index (χ2n) is 4.45. The molecule has 1 unspecified atom stereocenters. The fraction of sp³-hybridized carbons (Fsp3) is 0.750. The predicted octanol–water partition coefficient (Wildman–Crippen LogP) is 4.69. The van der Waals surface area contributed by atoms with Gasteiger partial charge in [-0.05, 0) is 19.3 Å². The topological polar surface area (TPSA) is 16.1 Å². The third kappa shape index (κ3) is 3.07. The van der Waals surface area contributed by atoms with Crippen molar-refractivity contribution in [3.8, 4) is 0 Å². The minimum absolute atomic E-state index is 0.459. The van der Waals surface area contributed by atoms with E-state index in [9.17, 15) is 0 Å². The second-order valence-corrected chi connectivity index (χ2v) is 6.14. The van der Waals surface area contributed by atoms with Gasteiger partial charge < -0.3 is 4.90 Å². The molecule has 0 spiro atoms. The summed E-state index contributed by atoms with van der Waals surface area (Å²) in [5.41, 5.74) is 0. The molecule has 0 amide bonds. The van der Waals surface area contributed by atoms with E-state index in [1.165, 1.54) is 32.1 Å². The van der Waals surface area contributed by atoms with Gasteiger partial charge in [-0.3, -0.25) is 0 Å². The molecular weight excluding hydrogens is 275 g/mol. The zero-order valence-electron chi connectivity index (χ0n) is 10.1. The minimum Gasteiger partial charge on any atom is -0.345 e. The lowest BCUT2D eigenvalue weighted by atomic mass is 10.1. The van der Waals surface area contributed by atoms with E-state index < -0.39 is 0 Å². The van der Waals surface area contributed by atoms with E-state index in [0.717, 1.165) is 16.6 Å². The van der Waals surface area contributed by atoms with Crippen LogP contribution in [0.5, 0.6) is 0 Å². The number of nitrogens with zero attached hydrogens (tertiary/aromatic N) is 2. The van der Waals surface area contributed by atoms with Crippen molar-refractivity contribution in [2.75, 3.05) is 11.4 Å². The Morgan fingerprint density at radius 2 is 2.24 bits per heavy atom. The van der Waals surface area contributed by atoms with Gasteiger partial charge in [-0.2, -0.15) is 0 Å². The van der Waals surface area contributed by atoms with Gasteiger partial charge in [0.15, 0.2) is 5.13 Å². The molecule has 1 atom stereocenters. The first-order chi connectivity index (χ1) is 8.26. The standard InChI is InChI=1S/C12H18Cl2N2S/c1-2-9-6-4-3-5-7-16(9)12-15-11(14)10(8-13)17-12/h9H,2-8H2,1H3. The molecule has 0 saturated carbocycles. The molecule has 0 radical (unpaired) electrons. The van der Waals surface area contributed by atoms with Gasteiger partial charge in [0.25, 0.3) is 0 Å². The summed E-state index contributed by atoms with van der Waals surface area (Å²) in [6.45, 7) is 3.35. The molecule has 0 aromatic carbocycles. The Morgan fingerprint density at radius 1 is 1.41 bits per heavy atom. The lowest BCUT2D eigenvalue weighted by Crippen LogP contribution is -2.34. The summed E-state index contributed by atoms with van der Waals surface area (Å²) in [6, 6.07) is 0.614. The quantitative estimate of drug-likeness (QED) is 0.751. The Bertz CT molecular complexity index is 367. The molecule has 2 rings (SSSR count). The van der Waals surface area contributed by atoms with E-state index in [0.29, 0.717) is 17.1 Å². The van der Waals surface area contributed by atoms with Crippen LogP contribution in [0.15, 0.2) is 0 Å². The van der Waals surface area contributed by atoms with Crippen LogP contribution in [-0.2, 0) is 5.88 Å². The average Bonchev–Trinajstić information content (AvgIpc) is 2.57. The van der Waals surface area contributed by atoms with Crippen LogP contribution < -0.4 is 4.90 Å². The average molecular weight is 293 g/mol. The van der Waals surface area contributed by atoms with Gasteiger partial charge >= 0.3 is 0 Å². The van der Waals surface area contributed by atoms with Gasteiger partial charge in [-0.1, -0.05) is 42.7 Å². The first-order valence-electron chi connectivity index (χ1n) is 6.24. The summed E-state index contributed by atoms with van der Waals surface area (Å²) in [6.07, 6.45) is 6.35. The fourth-order valence-corrected chi connectivity index (χ4v) is 3.95. The number of hydrogen-bond acceptors (Lipinski definition) is 3. The SMILES string of the molecule is CCC1CCCCCN1c1nc(Cl)c(CCl)s1. The van der Waals surface area contributed by atoms with E-state index in [1.54, 1.807) is 11.3 Å². The maximum absolute atomic E-state index is 6.08. The number of rotatable bonds is 3.